The Bertz CT molecular complexity index is 170. The summed E-state index contributed by atoms with van der Waals surface area (Å²) < 4.78 is 5.35. The van der Waals surface area contributed by atoms with Crippen molar-refractivity contribution in [2.24, 2.45) is 5.92 Å². The monoisotopic (exact) mass is 137 g/mol. The van der Waals surface area contributed by atoms with Gasteiger partial charge in [0.1, 0.15) is 6.10 Å². The van der Waals surface area contributed by atoms with Crippen molar-refractivity contribution >= 4 is 0 Å². The Hall–Kier alpha value is -0.300. The molecule has 2 rings (SSSR count). The highest BCUT2D eigenvalue weighted by Crippen LogP contribution is 2.36. The molecule has 3 unspecified atom stereocenters. The molecule has 0 spiro atoms. The third kappa shape index (κ3) is 0.988. The van der Waals surface area contributed by atoms with Crippen LogP contribution >= 0.6 is 0 Å². The van der Waals surface area contributed by atoms with Crippen molar-refractivity contribution in [3.63, 3.8) is 0 Å². The first kappa shape index (κ1) is 6.41. The van der Waals surface area contributed by atoms with Gasteiger partial charge in [0.25, 0.3) is 0 Å². The fraction of sp³-hybridized carbons (Fsp3) is 0.667. The summed E-state index contributed by atoms with van der Waals surface area (Å²) in [6.07, 6.45) is 5.71. The highest BCUT2D eigenvalue weighted by Gasteiger charge is 2.39. The Labute approximate surface area is 62.1 Å². The zero-order valence-electron chi connectivity index (χ0n) is 6.34. The van der Waals surface area contributed by atoms with Crippen LogP contribution in [0.25, 0.3) is 0 Å². The van der Waals surface area contributed by atoms with Gasteiger partial charge in [-0.1, -0.05) is 18.6 Å². The van der Waals surface area contributed by atoms with Crippen molar-refractivity contribution in [1.29, 1.82) is 0 Å². The van der Waals surface area contributed by atoms with Crippen molar-refractivity contribution in [1.82, 2.24) is 0 Å². The standard InChI is InChI=1S/C9H13O/c1-6(2)7-3-4-8-9(5-7)10-8/h5-6,8-9H,1,3-4H2,2H3. The number of fused-ring (bicyclic) bond motifs is 1. The summed E-state index contributed by atoms with van der Waals surface area (Å²) in [7, 11) is 0. The zero-order chi connectivity index (χ0) is 7.14. The SMILES string of the molecule is [CH2]C(C)C1=CC2OC2CC1. The first-order chi connectivity index (χ1) is 4.77. The van der Waals surface area contributed by atoms with E-state index in [0.29, 0.717) is 18.1 Å². The van der Waals surface area contributed by atoms with E-state index in [-0.39, 0.29) is 0 Å². The highest BCUT2D eigenvalue weighted by atomic mass is 16.6. The van der Waals surface area contributed by atoms with Gasteiger partial charge in [0.2, 0.25) is 0 Å². The number of rotatable bonds is 1. The highest BCUT2D eigenvalue weighted by molar-refractivity contribution is 5.19. The van der Waals surface area contributed by atoms with Crippen molar-refractivity contribution < 1.29 is 4.74 Å². The van der Waals surface area contributed by atoms with Crippen LogP contribution < -0.4 is 0 Å². The molecule has 1 fully saturated rings. The number of ether oxygens (including phenoxy) is 1. The van der Waals surface area contributed by atoms with Gasteiger partial charge in [-0.3, -0.25) is 0 Å². The Balaban J connectivity index is 2.07. The van der Waals surface area contributed by atoms with Gasteiger partial charge in [-0.05, 0) is 25.7 Å². The average molecular weight is 137 g/mol. The van der Waals surface area contributed by atoms with Crippen molar-refractivity contribution in [3.8, 4) is 0 Å². The molecule has 1 radical (unpaired) electrons. The Morgan fingerprint density at radius 2 is 2.60 bits per heavy atom. The van der Waals surface area contributed by atoms with Gasteiger partial charge in [-0.25, -0.2) is 0 Å². The largest absolute Gasteiger partial charge is 0.365 e. The third-order valence-corrected chi connectivity index (χ3v) is 2.35. The molecule has 1 saturated heterocycles. The molecule has 1 heterocycles. The molecule has 0 aromatic rings. The van der Waals surface area contributed by atoms with Gasteiger partial charge >= 0.3 is 0 Å². The molecule has 0 bridgehead atoms. The predicted molar refractivity (Wildman–Crippen MR) is 40.5 cm³/mol. The van der Waals surface area contributed by atoms with E-state index in [1.807, 2.05) is 0 Å². The molecule has 1 nitrogen and oxygen atoms in total. The molecular formula is C9H13O. The van der Waals surface area contributed by atoms with Gasteiger partial charge < -0.3 is 4.74 Å². The number of allylic oxidation sites excluding steroid dienone is 1. The third-order valence-electron chi connectivity index (χ3n) is 2.35. The lowest BCUT2D eigenvalue weighted by Gasteiger charge is -2.12. The lowest BCUT2D eigenvalue weighted by Crippen LogP contribution is -2.05. The summed E-state index contributed by atoms with van der Waals surface area (Å²) in [5.74, 6) is 0.477. The quantitative estimate of drug-likeness (QED) is 0.397. The van der Waals surface area contributed by atoms with Gasteiger partial charge in [0.05, 0.1) is 6.10 Å². The van der Waals surface area contributed by atoms with Crippen LogP contribution in [-0.2, 0) is 4.74 Å². The lowest BCUT2D eigenvalue weighted by molar-refractivity contribution is 0.384. The molecule has 1 aliphatic heterocycles. The van der Waals surface area contributed by atoms with Crippen molar-refractivity contribution in [2.75, 3.05) is 0 Å². The maximum absolute atomic E-state index is 5.35. The van der Waals surface area contributed by atoms with Crippen molar-refractivity contribution in [2.45, 2.75) is 32.0 Å². The van der Waals surface area contributed by atoms with Crippen LogP contribution in [0.2, 0.25) is 0 Å². The Morgan fingerprint density at radius 1 is 1.80 bits per heavy atom. The maximum Gasteiger partial charge on any atom is 0.103 e. The Morgan fingerprint density at radius 3 is 3.20 bits per heavy atom. The molecule has 1 aliphatic carbocycles. The zero-order valence-corrected chi connectivity index (χ0v) is 6.34. The molecule has 0 aromatic heterocycles. The molecular weight excluding hydrogens is 124 g/mol. The molecule has 10 heavy (non-hydrogen) atoms. The van der Waals surface area contributed by atoms with Gasteiger partial charge in [0.15, 0.2) is 0 Å². The average Bonchev–Trinajstić information content (AvgIpc) is 2.63. The summed E-state index contributed by atoms with van der Waals surface area (Å²) in [4.78, 5) is 0. The topological polar surface area (TPSA) is 12.5 Å². The van der Waals surface area contributed by atoms with Crippen LogP contribution in [-0.4, -0.2) is 12.2 Å². The lowest BCUT2D eigenvalue weighted by atomic mass is 9.92. The first-order valence-corrected chi connectivity index (χ1v) is 3.96. The summed E-state index contributed by atoms with van der Waals surface area (Å²) in [5, 5.41) is 0. The second-order valence-electron chi connectivity index (χ2n) is 3.32. The molecule has 0 amide bonds. The van der Waals surface area contributed by atoms with Gasteiger partial charge in [-0.2, -0.15) is 0 Å². The molecule has 0 aromatic carbocycles. The van der Waals surface area contributed by atoms with Gasteiger partial charge in [0, 0.05) is 0 Å². The van der Waals surface area contributed by atoms with Crippen LogP contribution in [0, 0.1) is 12.8 Å². The van der Waals surface area contributed by atoms with E-state index in [1.165, 1.54) is 18.4 Å². The van der Waals surface area contributed by atoms with Crippen LogP contribution in [0.4, 0.5) is 0 Å². The van der Waals surface area contributed by atoms with E-state index in [9.17, 15) is 0 Å². The van der Waals surface area contributed by atoms with E-state index in [2.05, 4.69) is 19.9 Å². The fourth-order valence-corrected chi connectivity index (χ4v) is 1.55. The van der Waals surface area contributed by atoms with Crippen LogP contribution in [0.5, 0.6) is 0 Å². The molecule has 55 valence electrons. The number of hydrogen-bond acceptors (Lipinski definition) is 1. The van der Waals surface area contributed by atoms with Crippen LogP contribution in [0.1, 0.15) is 19.8 Å². The smallest absolute Gasteiger partial charge is 0.103 e. The second-order valence-corrected chi connectivity index (χ2v) is 3.32. The molecule has 3 atom stereocenters. The van der Waals surface area contributed by atoms with E-state index in [0.717, 1.165) is 0 Å². The van der Waals surface area contributed by atoms with E-state index in [4.69, 9.17) is 4.74 Å². The minimum atomic E-state index is 0.466. The van der Waals surface area contributed by atoms with E-state index < -0.39 is 0 Å². The Kier molecular flexibility index (Phi) is 1.34. The van der Waals surface area contributed by atoms with Crippen molar-refractivity contribution in [3.05, 3.63) is 18.6 Å². The van der Waals surface area contributed by atoms with Crippen LogP contribution in [0.3, 0.4) is 0 Å². The summed E-state index contributed by atoms with van der Waals surface area (Å²) >= 11 is 0. The number of hydrogen-bond donors (Lipinski definition) is 0. The van der Waals surface area contributed by atoms with Gasteiger partial charge in [-0.15, -0.1) is 0 Å². The van der Waals surface area contributed by atoms with Crippen LogP contribution in [0.15, 0.2) is 11.6 Å². The molecule has 2 aliphatic rings. The summed E-state index contributed by atoms with van der Waals surface area (Å²) in [6.45, 7) is 6.14. The molecule has 0 N–H and O–H groups in total. The predicted octanol–water partition coefficient (Wildman–Crippen LogP) is 1.94. The first-order valence-electron chi connectivity index (χ1n) is 3.96. The van der Waals surface area contributed by atoms with E-state index in [1.54, 1.807) is 0 Å². The maximum atomic E-state index is 5.35. The fourth-order valence-electron chi connectivity index (χ4n) is 1.55. The normalized spacial score (nSPS) is 37.3. The minimum absolute atomic E-state index is 0.466. The minimum Gasteiger partial charge on any atom is -0.365 e. The summed E-state index contributed by atoms with van der Waals surface area (Å²) in [5.41, 5.74) is 1.48. The van der Waals surface area contributed by atoms with E-state index >= 15 is 0 Å². The summed E-state index contributed by atoms with van der Waals surface area (Å²) in [6, 6.07) is 0. The molecule has 0 saturated carbocycles. The number of epoxide rings is 1. The molecule has 1 heteroatoms. The second kappa shape index (κ2) is 2.09.